The van der Waals surface area contributed by atoms with Crippen molar-refractivity contribution >= 4 is 14.2 Å². The van der Waals surface area contributed by atoms with Crippen molar-refractivity contribution in [2.24, 2.45) is 0 Å². The van der Waals surface area contributed by atoms with Gasteiger partial charge in [-0.1, -0.05) is 18.2 Å². The van der Waals surface area contributed by atoms with E-state index >= 15 is 0 Å². The summed E-state index contributed by atoms with van der Waals surface area (Å²) in [5, 5.41) is 4.50. The van der Waals surface area contributed by atoms with E-state index in [9.17, 15) is 4.79 Å². The number of rotatable bonds is 8. The number of benzene rings is 1. The Labute approximate surface area is 232 Å². The highest BCUT2D eigenvalue weighted by molar-refractivity contribution is 6.69. The highest BCUT2D eigenvalue weighted by Gasteiger charge is 2.41. The molecule has 1 aromatic carbocycles. The Bertz CT molecular complexity index is 1260. The molecular weight excluding hydrogens is 508 g/mol. The van der Waals surface area contributed by atoms with Gasteiger partial charge in [0.25, 0.3) is 0 Å². The predicted octanol–water partition coefficient (Wildman–Crippen LogP) is 5.91. The third-order valence-corrected chi connectivity index (χ3v) is 8.48. The van der Waals surface area contributed by atoms with Crippen molar-refractivity contribution in [3.05, 3.63) is 66.0 Å². The van der Waals surface area contributed by atoms with E-state index in [-0.39, 0.29) is 17.7 Å². The molecule has 0 saturated carbocycles. The van der Waals surface area contributed by atoms with Gasteiger partial charge < -0.3 is 18.8 Å². The lowest BCUT2D eigenvalue weighted by molar-refractivity contribution is -0.132. The maximum atomic E-state index is 11.9. The fraction of sp³-hybridized carbons (Fsp3) is 0.500. The smallest absolute Gasteiger partial charge is 0.219 e. The van der Waals surface area contributed by atoms with Crippen LogP contribution in [0.15, 0.2) is 54.9 Å². The molecule has 2 aromatic heterocycles. The largest absolute Gasteiger partial charge is 0.487 e. The van der Waals surface area contributed by atoms with Gasteiger partial charge in [-0.3, -0.25) is 9.78 Å². The van der Waals surface area contributed by atoms with E-state index in [0.29, 0.717) is 25.4 Å². The summed E-state index contributed by atoms with van der Waals surface area (Å²) in [5.41, 5.74) is 3.67. The molecule has 2 fully saturated rings. The van der Waals surface area contributed by atoms with E-state index in [1.165, 1.54) is 5.56 Å². The summed E-state index contributed by atoms with van der Waals surface area (Å²) in [5.74, 6) is 0.845. The first-order valence-electron chi connectivity index (χ1n) is 14.0. The van der Waals surface area contributed by atoms with E-state index < -0.39 is 8.32 Å². The number of hydrogen-bond donors (Lipinski definition) is 0. The number of piperidine rings is 1. The fourth-order valence-corrected chi connectivity index (χ4v) is 7.10. The van der Waals surface area contributed by atoms with Crippen molar-refractivity contribution in [3.63, 3.8) is 0 Å². The highest BCUT2D eigenvalue weighted by atomic mass is 28.4. The van der Waals surface area contributed by atoms with Crippen LogP contribution in [0.3, 0.4) is 0 Å². The van der Waals surface area contributed by atoms with Gasteiger partial charge in [-0.25, -0.2) is 4.68 Å². The van der Waals surface area contributed by atoms with Gasteiger partial charge in [-0.15, -0.1) is 0 Å². The molecule has 0 aliphatic carbocycles. The number of likely N-dealkylation sites (tertiary alicyclic amines) is 1. The van der Waals surface area contributed by atoms with Gasteiger partial charge in [-0.05, 0) is 87.1 Å². The maximum absolute atomic E-state index is 11.9. The monoisotopic (exact) mass is 548 g/mol. The van der Waals surface area contributed by atoms with Crippen LogP contribution in [-0.4, -0.2) is 53.6 Å². The fourth-order valence-electron chi connectivity index (χ4n) is 5.61. The highest BCUT2D eigenvalue weighted by Crippen LogP contribution is 2.40. The minimum Gasteiger partial charge on any atom is -0.487 e. The van der Waals surface area contributed by atoms with Crippen LogP contribution in [0.1, 0.15) is 56.4 Å². The van der Waals surface area contributed by atoms with Crippen molar-refractivity contribution in [3.8, 4) is 17.1 Å². The van der Waals surface area contributed by atoms with Gasteiger partial charge >= 0.3 is 0 Å². The number of carbonyl (C=O) groups is 1. The third kappa shape index (κ3) is 6.59. The summed E-state index contributed by atoms with van der Waals surface area (Å²) in [7, 11) is -1.84. The van der Waals surface area contributed by atoms with Crippen LogP contribution in [-0.2, 0) is 26.2 Å². The number of amides is 1. The predicted molar refractivity (Wildman–Crippen MR) is 153 cm³/mol. The third-order valence-electron chi connectivity index (χ3n) is 7.47. The quantitative estimate of drug-likeness (QED) is 0.326. The van der Waals surface area contributed by atoms with E-state index in [2.05, 4.69) is 54.0 Å². The molecule has 1 unspecified atom stereocenters. The standard InChI is InChI=1S/C30H40N4O4Si/c1-23(35)33-17-14-30(15-18-33,38-39(2,3)4)25-9-7-8-24(20-25)22-37-26-11-12-27(31-21-26)28-13-16-32-34(28)29-10-5-6-19-36-29/h7-9,11-13,16,20-21,29H,5-6,10,14-15,17-19,22H2,1-4H3. The Morgan fingerprint density at radius 3 is 2.62 bits per heavy atom. The average molecular weight is 549 g/mol. The number of carbonyl (C=O) groups excluding carboxylic acids is 1. The summed E-state index contributed by atoms with van der Waals surface area (Å²) >= 11 is 0. The topological polar surface area (TPSA) is 78.7 Å². The lowest BCUT2D eigenvalue weighted by Crippen LogP contribution is -2.49. The van der Waals surface area contributed by atoms with Crippen LogP contribution in [0.2, 0.25) is 19.6 Å². The number of aromatic nitrogens is 3. The molecule has 9 heteroatoms. The minimum absolute atomic E-state index is 0.0309. The second kappa shape index (κ2) is 11.6. The van der Waals surface area contributed by atoms with Crippen molar-refractivity contribution in [2.45, 2.75) is 77.1 Å². The van der Waals surface area contributed by atoms with Crippen molar-refractivity contribution < 1.29 is 18.7 Å². The SMILES string of the molecule is CC(=O)N1CCC(O[Si](C)(C)C)(c2cccc(COc3ccc(-c4ccnn4C4CCCCO4)nc3)c2)CC1. The van der Waals surface area contributed by atoms with Crippen LogP contribution >= 0.6 is 0 Å². The Balaban J connectivity index is 1.27. The van der Waals surface area contributed by atoms with Crippen LogP contribution in [0.25, 0.3) is 11.4 Å². The average Bonchev–Trinajstić information content (AvgIpc) is 3.42. The Morgan fingerprint density at radius 2 is 1.95 bits per heavy atom. The molecule has 1 atom stereocenters. The number of pyridine rings is 1. The van der Waals surface area contributed by atoms with Gasteiger partial charge in [0, 0.05) is 32.8 Å². The zero-order valence-electron chi connectivity index (χ0n) is 23.6. The normalized spacial score (nSPS) is 19.6. The van der Waals surface area contributed by atoms with Crippen LogP contribution < -0.4 is 4.74 Å². The van der Waals surface area contributed by atoms with Gasteiger partial charge in [0.05, 0.1) is 23.2 Å². The molecule has 0 radical (unpaired) electrons. The van der Waals surface area contributed by atoms with E-state index in [0.717, 1.165) is 55.7 Å². The van der Waals surface area contributed by atoms with E-state index in [4.69, 9.17) is 13.9 Å². The molecule has 2 saturated heterocycles. The maximum Gasteiger partial charge on any atom is 0.219 e. The van der Waals surface area contributed by atoms with Gasteiger partial charge in [0.1, 0.15) is 12.4 Å². The van der Waals surface area contributed by atoms with Crippen molar-refractivity contribution in [2.75, 3.05) is 19.7 Å². The molecular formula is C30H40N4O4Si. The molecule has 2 aliphatic rings. The second-order valence-corrected chi connectivity index (χ2v) is 16.0. The lowest BCUT2D eigenvalue weighted by atomic mass is 9.84. The molecule has 208 valence electrons. The summed E-state index contributed by atoms with van der Waals surface area (Å²) in [6, 6.07) is 14.4. The summed E-state index contributed by atoms with van der Waals surface area (Å²) in [6.45, 7) is 11.0. The Hall–Kier alpha value is -3.01. The van der Waals surface area contributed by atoms with E-state index in [1.807, 2.05) is 27.8 Å². The van der Waals surface area contributed by atoms with Gasteiger partial charge in [0.15, 0.2) is 14.5 Å². The number of nitrogens with zero attached hydrogens (tertiary/aromatic N) is 4. The van der Waals surface area contributed by atoms with E-state index in [1.54, 1.807) is 19.3 Å². The molecule has 5 rings (SSSR count). The molecule has 3 aromatic rings. The molecule has 8 nitrogen and oxygen atoms in total. The summed E-state index contributed by atoms with van der Waals surface area (Å²) in [4.78, 5) is 18.5. The summed E-state index contributed by atoms with van der Waals surface area (Å²) in [6.07, 6.45) is 8.36. The van der Waals surface area contributed by atoms with Crippen molar-refractivity contribution in [1.82, 2.24) is 19.7 Å². The second-order valence-electron chi connectivity index (χ2n) is 11.6. The zero-order chi connectivity index (χ0) is 27.5. The van der Waals surface area contributed by atoms with Gasteiger partial charge in [-0.2, -0.15) is 5.10 Å². The number of hydrogen-bond acceptors (Lipinski definition) is 6. The first-order chi connectivity index (χ1) is 18.7. The summed E-state index contributed by atoms with van der Waals surface area (Å²) < 4.78 is 20.8. The minimum atomic E-state index is -1.84. The Morgan fingerprint density at radius 1 is 1.13 bits per heavy atom. The zero-order valence-corrected chi connectivity index (χ0v) is 24.6. The lowest BCUT2D eigenvalue weighted by Gasteiger charge is -2.45. The van der Waals surface area contributed by atoms with Crippen LogP contribution in [0, 0.1) is 0 Å². The molecule has 1 amide bonds. The molecule has 39 heavy (non-hydrogen) atoms. The molecule has 2 aliphatic heterocycles. The van der Waals surface area contributed by atoms with Crippen LogP contribution in [0.5, 0.6) is 5.75 Å². The molecule has 0 bridgehead atoms. The number of ether oxygens (including phenoxy) is 2. The van der Waals surface area contributed by atoms with Crippen LogP contribution in [0.4, 0.5) is 0 Å². The molecule has 0 spiro atoms. The molecule has 0 N–H and O–H groups in total. The Kier molecular flexibility index (Phi) is 8.20. The van der Waals surface area contributed by atoms with Gasteiger partial charge in [0.2, 0.25) is 5.91 Å². The van der Waals surface area contributed by atoms with Crippen molar-refractivity contribution in [1.29, 1.82) is 0 Å². The molecule has 4 heterocycles. The first kappa shape index (κ1) is 27.5. The first-order valence-corrected chi connectivity index (χ1v) is 17.4.